The first-order valence-electron chi connectivity index (χ1n) is 11.6. The van der Waals surface area contributed by atoms with Gasteiger partial charge in [-0.1, -0.05) is 62.7 Å². The van der Waals surface area contributed by atoms with Crippen LogP contribution >= 0.6 is 0 Å². The molecule has 1 amide bonds. The smallest absolute Gasteiger partial charge is 0.305 e. The van der Waals surface area contributed by atoms with E-state index in [0.717, 1.165) is 10.2 Å². The molecule has 0 aliphatic rings. The van der Waals surface area contributed by atoms with E-state index < -0.39 is 34.8 Å². The molecule has 3 aromatic rings. The fourth-order valence-corrected chi connectivity index (χ4v) is 3.35. The van der Waals surface area contributed by atoms with Crippen LogP contribution in [0.25, 0.3) is 5.69 Å². The maximum Gasteiger partial charge on any atom is 0.305 e. The normalized spacial score (nSPS) is 14.1. The topological polar surface area (TPSA) is 114 Å². The lowest BCUT2D eigenvalue weighted by Crippen LogP contribution is -2.45. The third-order valence-electron chi connectivity index (χ3n) is 6.24. The summed E-state index contributed by atoms with van der Waals surface area (Å²) in [6.45, 7) is 8.94. The van der Waals surface area contributed by atoms with Crippen LogP contribution in [0.15, 0.2) is 54.6 Å². The third-order valence-corrected chi connectivity index (χ3v) is 6.24. The first-order valence-corrected chi connectivity index (χ1v) is 11.6. The van der Waals surface area contributed by atoms with Crippen molar-refractivity contribution in [1.29, 1.82) is 0 Å². The van der Waals surface area contributed by atoms with Crippen molar-refractivity contribution in [2.45, 2.75) is 52.7 Å². The van der Waals surface area contributed by atoms with Crippen molar-refractivity contribution in [3.63, 3.8) is 0 Å². The Morgan fingerprint density at radius 3 is 2.42 bits per heavy atom. The number of hydrogen-bond donors (Lipinski definition) is 3. The molecule has 0 radical (unpaired) electrons. The van der Waals surface area contributed by atoms with Gasteiger partial charge in [0.1, 0.15) is 23.7 Å². The molecule has 9 heteroatoms. The number of carbonyl (C=O) groups is 2. The highest BCUT2D eigenvalue weighted by Crippen LogP contribution is 2.31. The third kappa shape index (κ3) is 6.28. The second-order valence-corrected chi connectivity index (χ2v) is 10.1. The molecule has 0 saturated carbocycles. The number of ether oxygens (including phenoxy) is 1. The Morgan fingerprint density at radius 2 is 1.81 bits per heavy atom. The van der Waals surface area contributed by atoms with Crippen LogP contribution in [0.2, 0.25) is 0 Å². The highest BCUT2D eigenvalue weighted by molar-refractivity contribution is 5.93. The molecule has 0 fully saturated rings. The van der Waals surface area contributed by atoms with Gasteiger partial charge in [0, 0.05) is 6.07 Å². The maximum atomic E-state index is 14.6. The molecule has 8 nitrogen and oxygen atoms in total. The van der Waals surface area contributed by atoms with Gasteiger partial charge in [0.25, 0.3) is 5.91 Å². The zero-order chi connectivity index (χ0) is 26.7. The van der Waals surface area contributed by atoms with Gasteiger partial charge < -0.3 is 20.3 Å². The molecular formula is C27H32FN3O5. The van der Waals surface area contributed by atoms with Crippen LogP contribution in [0.4, 0.5) is 4.39 Å². The Kier molecular flexibility index (Phi) is 7.83. The van der Waals surface area contributed by atoms with E-state index in [1.54, 1.807) is 31.2 Å². The minimum atomic E-state index is -1.24. The first-order chi connectivity index (χ1) is 16.8. The van der Waals surface area contributed by atoms with Crippen molar-refractivity contribution >= 4 is 11.9 Å². The summed E-state index contributed by atoms with van der Waals surface area (Å²) in [4.78, 5) is 24.6. The first kappa shape index (κ1) is 26.9. The number of rotatable bonds is 9. The van der Waals surface area contributed by atoms with Crippen molar-refractivity contribution in [1.82, 2.24) is 15.1 Å². The number of aromatic nitrogens is 2. The van der Waals surface area contributed by atoms with Crippen molar-refractivity contribution in [2.24, 2.45) is 5.41 Å². The van der Waals surface area contributed by atoms with Gasteiger partial charge >= 0.3 is 5.97 Å². The molecule has 3 rings (SSSR count). The monoisotopic (exact) mass is 497 g/mol. The number of aliphatic carboxylic acids is 1. The number of aryl methyl sites for hydroxylation is 1. The van der Waals surface area contributed by atoms with Crippen LogP contribution in [0, 0.1) is 18.2 Å². The summed E-state index contributed by atoms with van der Waals surface area (Å²) in [5, 5.41) is 27.2. The van der Waals surface area contributed by atoms with Crippen LogP contribution in [-0.2, 0) is 4.79 Å². The Labute approximate surface area is 209 Å². The summed E-state index contributed by atoms with van der Waals surface area (Å²) < 4.78 is 21.6. The Balaban J connectivity index is 1.96. The minimum Gasteiger partial charge on any atom is -0.481 e. The maximum absolute atomic E-state index is 14.6. The molecule has 3 N–H and O–H groups in total. The molecule has 0 aliphatic carbocycles. The molecule has 0 bridgehead atoms. The molecular weight excluding hydrogens is 465 g/mol. The number of para-hydroxylation sites is 1. The summed E-state index contributed by atoms with van der Waals surface area (Å²) in [6.07, 6.45) is -0.332. The van der Waals surface area contributed by atoms with Gasteiger partial charge in [-0.2, -0.15) is 9.78 Å². The summed E-state index contributed by atoms with van der Waals surface area (Å²) in [7, 11) is 0. The number of nitrogens with zero attached hydrogens (tertiary/aromatic N) is 2. The van der Waals surface area contributed by atoms with E-state index in [4.69, 9.17) is 4.74 Å². The quantitative estimate of drug-likeness (QED) is 0.403. The van der Waals surface area contributed by atoms with E-state index in [1.165, 1.54) is 24.3 Å². The predicted octanol–water partition coefficient (Wildman–Crippen LogP) is 4.44. The fraction of sp³-hybridized carbons (Fsp3) is 0.370. The number of carbonyl (C=O) groups excluding carboxylic acids is 1. The summed E-state index contributed by atoms with van der Waals surface area (Å²) >= 11 is 0. The predicted molar refractivity (Wildman–Crippen MR) is 133 cm³/mol. The number of hydrogen-bond acceptors (Lipinski definition) is 5. The summed E-state index contributed by atoms with van der Waals surface area (Å²) in [5.41, 5.74) is -0.236. The average molecular weight is 498 g/mol. The van der Waals surface area contributed by atoms with Crippen molar-refractivity contribution in [3.05, 3.63) is 77.2 Å². The zero-order valence-electron chi connectivity index (χ0n) is 21.1. The fourth-order valence-electron chi connectivity index (χ4n) is 3.35. The SMILES string of the molecule is Cc1cccc([C@H](CC(=O)O)NC(=O)c2cc(OC[C@@](C)(O)C(C)(C)C)n(-c3ccccc3F)n2)c1. The number of carboxylic acids is 1. The molecule has 2 aromatic carbocycles. The minimum absolute atomic E-state index is 0.0557. The lowest BCUT2D eigenvalue weighted by Gasteiger charge is -2.36. The number of amides is 1. The molecule has 1 aromatic heterocycles. The molecule has 192 valence electrons. The molecule has 0 aliphatic heterocycles. The Morgan fingerprint density at radius 1 is 1.11 bits per heavy atom. The van der Waals surface area contributed by atoms with Gasteiger partial charge in [0.05, 0.1) is 12.5 Å². The highest BCUT2D eigenvalue weighted by Gasteiger charge is 2.36. The van der Waals surface area contributed by atoms with E-state index >= 15 is 0 Å². The second kappa shape index (κ2) is 10.5. The summed E-state index contributed by atoms with van der Waals surface area (Å²) in [5.74, 6) is -2.25. The van der Waals surface area contributed by atoms with Gasteiger partial charge in [-0.15, -0.1) is 0 Å². The van der Waals surface area contributed by atoms with Crippen LogP contribution in [-0.4, -0.2) is 44.1 Å². The second-order valence-electron chi connectivity index (χ2n) is 10.1. The van der Waals surface area contributed by atoms with E-state index in [1.807, 2.05) is 33.8 Å². The van der Waals surface area contributed by atoms with Crippen LogP contribution in [0.1, 0.15) is 61.8 Å². The number of nitrogens with one attached hydrogen (secondary N) is 1. The van der Waals surface area contributed by atoms with Gasteiger partial charge in [0.15, 0.2) is 5.69 Å². The van der Waals surface area contributed by atoms with E-state index in [2.05, 4.69) is 10.4 Å². The van der Waals surface area contributed by atoms with E-state index in [-0.39, 0.29) is 30.3 Å². The molecule has 0 spiro atoms. The lowest BCUT2D eigenvalue weighted by molar-refractivity contribution is -0.137. The van der Waals surface area contributed by atoms with Gasteiger partial charge in [-0.3, -0.25) is 9.59 Å². The number of aliphatic hydroxyl groups is 1. The molecule has 2 atom stereocenters. The van der Waals surface area contributed by atoms with Crippen LogP contribution in [0.5, 0.6) is 5.88 Å². The highest BCUT2D eigenvalue weighted by atomic mass is 19.1. The Hall–Kier alpha value is -3.72. The van der Waals surface area contributed by atoms with Crippen molar-refractivity contribution in [3.8, 4) is 11.6 Å². The van der Waals surface area contributed by atoms with E-state index in [9.17, 15) is 24.2 Å². The standard InChI is InChI=1S/C27H32FN3O5/c1-17-9-8-10-18(13-17)20(15-24(32)33)29-25(34)21-14-23(36-16-27(5,35)26(2,3)4)31(30-21)22-12-7-6-11-19(22)28/h6-14,20,35H,15-16H2,1-5H3,(H,29,34)(H,32,33)/t20-,27+/m0/s1. The van der Waals surface area contributed by atoms with Gasteiger partial charge in [-0.05, 0) is 37.0 Å². The van der Waals surface area contributed by atoms with Gasteiger partial charge in [-0.25, -0.2) is 4.39 Å². The van der Waals surface area contributed by atoms with Crippen LogP contribution in [0.3, 0.4) is 0 Å². The zero-order valence-corrected chi connectivity index (χ0v) is 21.1. The van der Waals surface area contributed by atoms with Crippen LogP contribution < -0.4 is 10.1 Å². The van der Waals surface area contributed by atoms with E-state index in [0.29, 0.717) is 5.56 Å². The molecule has 0 unspecified atom stereocenters. The molecule has 36 heavy (non-hydrogen) atoms. The molecule has 0 saturated heterocycles. The molecule has 1 heterocycles. The largest absolute Gasteiger partial charge is 0.481 e. The number of halogens is 1. The number of carboxylic acid groups (broad SMARTS) is 1. The Bertz CT molecular complexity index is 1250. The average Bonchev–Trinajstić information content (AvgIpc) is 3.21. The van der Waals surface area contributed by atoms with Gasteiger partial charge in [0.2, 0.25) is 5.88 Å². The lowest BCUT2D eigenvalue weighted by atomic mass is 9.78. The van der Waals surface area contributed by atoms with Crippen molar-refractivity contribution in [2.75, 3.05) is 6.61 Å². The summed E-state index contributed by atoms with van der Waals surface area (Å²) in [6, 6.07) is 13.6. The van der Waals surface area contributed by atoms with Crippen molar-refractivity contribution < 1.29 is 28.9 Å². The number of benzene rings is 2.